The Morgan fingerprint density at radius 3 is 2.42 bits per heavy atom. The quantitative estimate of drug-likeness (QED) is 0.585. The molecule has 5 rings (SSSR count). The number of amides is 2. The lowest BCUT2D eigenvalue weighted by molar-refractivity contribution is -0.137. The molecule has 6 nitrogen and oxygen atoms in total. The first-order valence-corrected chi connectivity index (χ1v) is 10.6. The number of rotatable bonds is 5. The van der Waals surface area contributed by atoms with Crippen LogP contribution >= 0.6 is 11.8 Å². The molecule has 0 atom stereocenters. The van der Waals surface area contributed by atoms with E-state index in [0.717, 1.165) is 37.0 Å². The summed E-state index contributed by atoms with van der Waals surface area (Å²) in [5.74, 6) is 1.80. The van der Waals surface area contributed by atoms with Gasteiger partial charge >= 0.3 is 5.97 Å². The molecule has 5 aliphatic rings. The highest BCUT2D eigenvalue weighted by Crippen LogP contribution is 2.55. The number of ether oxygens (including phenoxy) is 1. The van der Waals surface area contributed by atoms with Gasteiger partial charge in [0.15, 0.2) is 0 Å². The summed E-state index contributed by atoms with van der Waals surface area (Å²) in [5, 5.41) is 3.79. The molecule has 142 valence electrons. The summed E-state index contributed by atoms with van der Waals surface area (Å²) in [7, 11) is 0. The molecule has 7 heteroatoms. The maximum absolute atomic E-state index is 12.7. The van der Waals surface area contributed by atoms with Gasteiger partial charge in [0.25, 0.3) is 0 Å². The zero-order valence-corrected chi connectivity index (χ0v) is 16.0. The van der Waals surface area contributed by atoms with E-state index in [1.807, 2.05) is 0 Å². The number of nitrogens with one attached hydrogen (secondary N) is 1. The van der Waals surface area contributed by atoms with E-state index < -0.39 is 5.97 Å². The van der Waals surface area contributed by atoms with Gasteiger partial charge in [0.05, 0.1) is 23.5 Å². The Bertz CT molecular complexity index is 625. The lowest BCUT2D eigenvalue weighted by atomic mass is 9.53. The molecule has 2 amide bonds. The van der Waals surface area contributed by atoms with Crippen molar-refractivity contribution in [3.8, 4) is 0 Å². The fraction of sp³-hybridized carbons (Fsp3) is 0.737. The van der Waals surface area contributed by atoms with Crippen LogP contribution in [0.4, 0.5) is 0 Å². The number of esters is 1. The number of hydrogen-bond donors (Lipinski definition) is 1. The highest BCUT2D eigenvalue weighted by Gasteiger charge is 2.51. The van der Waals surface area contributed by atoms with E-state index in [4.69, 9.17) is 4.74 Å². The Morgan fingerprint density at radius 1 is 1.23 bits per heavy atom. The van der Waals surface area contributed by atoms with Crippen LogP contribution in [0.25, 0.3) is 0 Å². The molecule has 1 heterocycles. The molecule has 4 bridgehead atoms. The predicted molar refractivity (Wildman–Crippen MR) is 97.9 cm³/mol. The Kier molecular flexibility index (Phi) is 4.75. The fourth-order valence-electron chi connectivity index (χ4n) is 5.73. The number of hydrogen-bond acceptors (Lipinski definition) is 5. The summed E-state index contributed by atoms with van der Waals surface area (Å²) in [5.41, 5.74) is -0.0627. The third-order valence-electron chi connectivity index (χ3n) is 6.18. The van der Waals surface area contributed by atoms with Gasteiger partial charge in [-0.15, -0.1) is 0 Å². The van der Waals surface area contributed by atoms with Crippen LogP contribution < -0.4 is 5.32 Å². The van der Waals surface area contributed by atoms with E-state index in [-0.39, 0.29) is 36.3 Å². The van der Waals surface area contributed by atoms with Crippen LogP contribution in [0.3, 0.4) is 0 Å². The summed E-state index contributed by atoms with van der Waals surface area (Å²) < 4.78 is 4.92. The molecule has 4 saturated carbocycles. The van der Waals surface area contributed by atoms with Gasteiger partial charge in [0.2, 0.25) is 11.8 Å². The van der Waals surface area contributed by atoms with Gasteiger partial charge in [-0.3, -0.25) is 14.5 Å². The minimum absolute atomic E-state index is 0.0151. The molecule has 4 aliphatic carbocycles. The van der Waals surface area contributed by atoms with Crippen molar-refractivity contribution in [1.82, 2.24) is 10.2 Å². The standard InChI is InChI=1S/C19H26N2O4S/c1-2-25-18(24)6-17-21(16(23)11-26-17)10-15(22)20-19-7-12-3-13(8-19)5-14(4-12)9-19/h6,12-14H,2-5,7-11H2,1H3,(H,20,22)/b17-6-. The SMILES string of the molecule is CCOC(=O)/C=C1\SCC(=O)N1CC(=O)NC12CC3CC(CC(C3)C1)C2. The second-order valence-corrected chi connectivity index (χ2v) is 9.24. The summed E-state index contributed by atoms with van der Waals surface area (Å²) >= 11 is 1.28. The van der Waals surface area contributed by atoms with Crippen LogP contribution in [0.15, 0.2) is 11.1 Å². The van der Waals surface area contributed by atoms with Gasteiger partial charge in [-0.05, 0) is 63.2 Å². The number of carbonyl (C=O) groups is 3. The van der Waals surface area contributed by atoms with Crippen molar-refractivity contribution in [3.05, 3.63) is 11.1 Å². The van der Waals surface area contributed by atoms with Crippen LogP contribution in [-0.2, 0) is 19.1 Å². The van der Waals surface area contributed by atoms with Gasteiger partial charge in [-0.1, -0.05) is 11.8 Å². The normalized spacial score (nSPS) is 36.7. The third-order valence-corrected chi connectivity index (χ3v) is 7.21. The average Bonchev–Trinajstić information content (AvgIpc) is 2.86. The molecule has 0 aromatic rings. The monoisotopic (exact) mass is 378 g/mol. The minimum Gasteiger partial charge on any atom is -0.463 e. The van der Waals surface area contributed by atoms with Crippen molar-refractivity contribution < 1.29 is 19.1 Å². The highest BCUT2D eigenvalue weighted by atomic mass is 32.2. The smallest absolute Gasteiger partial charge is 0.333 e. The van der Waals surface area contributed by atoms with Gasteiger partial charge in [0.1, 0.15) is 6.54 Å². The molecular weight excluding hydrogens is 352 g/mol. The van der Waals surface area contributed by atoms with Crippen LogP contribution in [0.1, 0.15) is 45.4 Å². The Hall–Kier alpha value is -1.50. The molecular formula is C19H26N2O4S. The third kappa shape index (κ3) is 3.50. The molecule has 0 spiro atoms. The first-order chi connectivity index (χ1) is 12.5. The Morgan fingerprint density at radius 2 is 1.85 bits per heavy atom. The van der Waals surface area contributed by atoms with Crippen LogP contribution in [0, 0.1) is 17.8 Å². The van der Waals surface area contributed by atoms with Crippen molar-refractivity contribution >= 4 is 29.5 Å². The van der Waals surface area contributed by atoms with Gasteiger partial charge < -0.3 is 10.1 Å². The van der Waals surface area contributed by atoms with E-state index in [0.29, 0.717) is 5.03 Å². The van der Waals surface area contributed by atoms with E-state index in [2.05, 4.69) is 5.32 Å². The maximum atomic E-state index is 12.7. The molecule has 5 fully saturated rings. The van der Waals surface area contributed by atoms with Crippen LogP contribution in [-0.4, -0.2) is 47.1 Å². The number of nitrogens with zero attached hydrogens (tertiary/aromatic N) is 1. The molecule has 0 aromatic heterocycles. The van der Waals surface area contributed by atoms with Crippen LogP contribution in [0.2, 0.25) is 0 Å². The number of carbonyl (C=O) groups excluding carboxylic acids is 3. The van der Waals surface area contributed by atoms with Gasteiger partial charge in [-0.25, -0.2) is 4.79 Å². The van der Waals surface area contributed by atoms with Crippen molar-refractivity contribution in [1.29, 1.82) is 0 Å². The average molecular weight is 378 g/mol. The van der Waals surface area contributed by atoms with E-state index >= 15 is 0 Å². The lowest BCUT2D eigenvalue weighted by Gasteiger charge is -2.57. The fourth-order valence-corrected chi connectivity index (χ4v) is 6.66. The Balaban J connectivity index is 1.41. The molecule has 0 unspecified atom stereocenters. The highest BCUT2D eigenvalue weighted by molar-refractivity contribution is 8.04. The molecule has 0 aromatic carbocycles. The predicted octanol–water partition coefficient (Wildman–Crippen LogP) is 2.05. The zero-order valence-electron chi connectivity index (χ0n) is 15.2. The van der Waals surface area contributed by atoms with E-state index in [9.17, 15) is 14.4 Å². The first-order valence-electron chi connectivity index (χ1n) is 9.59. The zero-order chi connectivity index (χ0) is 18.3. The molecule has 1 N–H and O–H groups in total. The largest absolute Gasteiger partial charge is 0.463 e. The number of thioether (sulfide) groups is 1. The molecule has 1 aliphatic heterocycles. The summed E-state index contributed by atoms with van der Waals surface area (Å²) in [4.78, 5) is 38.0. The summed E-state index contributed by atoms with van der Waals surface area (Å²) in [6, 6.07) is 0. The second-order valence-electron chi connectivity index (χ2n) is 8.25. The molecule has 1 saturated heterocycles. The minimum atomic E-state index is -0.476. The van der Waals surface area contributed by atoms with Crippen molar-refractivity contribution in [2.45, 2.75) is 51.0 Å². The van der Waals surface area contributed by atoms with Crippen molar-refractivity contribution in [3.63, 3.8) is 0 Å². The summed E-state index contributed by atoms with van der Waals surface area (Å²) in [6.07, 6.45) is 8.53. The lowest BCUT2D eigenvalue weighted by Crippen LogP contribution is -2.61. The molecule has 26 heavy (non-hydrogen) atoms. The first kappa shape index (κ1) is 17.9. The van der Waals surface area contributed by atoms with E-state index in [1.54, 1.807) is 6.92 Å². The van der Waals surface area contributed by atoms with Crippen molar-refractivity contribution in [2.24, 2.45) is 17.8 Å². The van der Waals surface area contributed by atoms with Gasteiger partial charge in [0, 0.05) is 5.54 Å². The topological polar surface area (TPSA) is 75.7 Å². The maximum Gasteiger partial charge on any atom is 0.333 e. The summed E-state index contributed by atoms with van der Waals surface area (Å²) in [6.45, 7) is 2.01. The second kappa shape index (κ2) is 6.91. The Labute approximate surface area is 158 Å². The van der Waals surface area contributed by atoms with Crippen molar-refractivity contribution in [2.75, 3.05) is 18.9 Å². The van der Waals surface area contributed by atoms with E-state index in [1.165, 1.54) is 42.0 Å². The van der Waals surface area contributed by atoms with Crippen LogP contribution in [0.5, 0.6) is 0 Å². The molecule has 0 radical (unpaired) electrons. The van der Waals surface area contributed by atoms with Gasteiger partial charge in [-0.2, -0.15) is 0 Å².